The molecule has 0 aromatic carbocycles. The Morgan fingerprint density at radius 3 is 2.28 bits per heavy atom. The lowest BCUT2D eigenvalue weighted by atomic mass is 10.1. The van der Waals surface area contributed by atoms with Crippen molar-refractivity contribution in [2.45, 2.75) is 12.4 Å². The molecule has 14 heteroatoms. The summed E-state index contributed by atoms with van der Waals surface area (Å²) in [7, 11) is 1.10. The quantitative estimate of drug-likeness (QED) is 0.475. The second kappa shape index (κ2) is 7.32. The second-order valence-electron chi connectivity index (χ2n) is 6.51. The zero-order valence-corrected chi connectivity index (χ0v) is 15.9. The van der Waals surface area contributed by atoms with Crippen LogP contribution in [-0.2, 0) is 19.4 Å². The van der Waals surface area contributed by atoms with Crippen LogP contribution >= 0.6 is 0 Å². The normalized spacial score (nSPS) is 12.3. The van der Waals surface area contributed by atoms with Gasteiger partial charge in [0.1, 0.15) is 28.3 Å². The maximum absolute atomic E-state index is 14.0. The molecular formula is C18H11F6N7O. The van der Waals surface area contributed by atoms with Crippen molar-refractivity contribution in [2.24, 2.45) is 7.05 Å². The number of halogens is 6. The standard InChI is InChI=1S/C18H11F6N7O/c1-30-14(16(32)28-9-2-3-25-10(8-9)17(19,20)21)11(18(22,23)24)12(29-30)13-15-27-5-7-31(15)6-4-26-13/h2-8H,1H3,(H,25,28,32). The van der Waals surface area contributed by atoms with E-state index in [0.29, 0.717) is 10.7 Å². The molecule has 32 heavy (non-hydrogen) atoms. The first kappa shape index (κ1) is 21.3. The maximum atomic E-state index is 14.0. The number of nitrogens with one attached hydrogen (secondary N) is 1. The molecule has 1 amide bonds. The number of pyridine rings is 1. The summed E-state index contributed by atoms with van der Waals surface area (Å²) in [5.41, 5.74) is -4.80. The molecule has 4 aromatic rings. The van der Waals surface area contributed by atoms with Crippen molar-refractivity contribution >= 4 is 17.2 Å². The molecule has 0 aliphatic rings. The Labute approximate surface area is 174 Å². The number of amides is 1. The van der Waals surface area contributed by atoms with Crippen LogP contribution in [0.15, 0.2) is 43.1 Å². The lowest BCUT2D eigenvalue weighted by molar-refractivity contribution is -0.141. The lowest BCUT2D eigenvalue weighted by Gasteiger charge is -2.12. The predicted octanol–water partition coefficient (Wildman–Crippen LogP) is 3.81. The monoisotopic (exact) mass is 455 g/mol. The van der Waals surface area contributed by atoms with Crippen LogP contribution in [0, 0.1) is 0 Å². The van der Waals surface area contributed by atoms with Crippen molar-refractivity contribution in [1.29, 1.82) is 0 Å². The summed E-state index contributed by atoms with van der Waals surface area (Å²) < 4.78 is 82.7. The van der Waals surface area contributed by atoms with Crippen molar-refractivity contribution in [3.05, 3.63) is 60.1 Å². The number of nitrogens with zero attached hydrogens (tertiary/aromatic N) is 6. The van der Waals surface area contributed by atoms with Crippen LogP contribution in [0.25, 0.3) is 17.0 Å². The molecular weight excluding hydrogens is 444 g/mol. The number of anilines is 1. The summed E-state index contributed by atoms with van der Waals surface area (Å²) in [5.74, 6) is -1.31. The number of imidazole rings is 1. The van der Waals surface area contributed by atoms with E-state index in [1.807, 2.05) is 5.32 Å². The van der Waals surface area contributed by atoms with Gasteiger partial charge in [-0.05, 0) is 12.1 Å². The molecule has 0 fully saturated rings. The Morgan fingerprint density at radius 2 is 1.62 bits per heavy atom. The molecule has 4 heterocycles. The molecule has 166 valence electrons. The summed E-state index contributed by atoms with van der Waals surface area (Å²) in [6.07, 6.45) is -3.50. The van der Waals surface area contributed by atoms with E-state index in [-0.39, 0.29) is 17.0 Å². The number of fused-ring (bicyclic) bond motifs is 1. The summed E-state index contributed by atoms with van der Waals surface area (Å²) in [6.45, 7) is 0. The second-order valence-corrected chi connectivity index (χ2v) is 6.51. The van der Waals surface area contributed by atoms with Crippen molar-refractivity contribution in [2.75, 3.05) is 5.32 Å². The Hall–Kier alpha value is -3.97. The SMILES string of the molecule is Cn1nc(-c2nccn3ccnc23)c(C(F)(F)F)c1C(=O)Nc1ccnc(C(F)(F)F)c1. The van der Waals surface area contributed by atoms with Gasteiger partial charge in [-0.25, -0.2) is 9.97 Å². The molecule has 0 bridgehead atoms. The van der Waals surface area contributed by atoms with E-state index in [0.717, 1.165) is 19.3 Å². The topological polar surface area (TPSA) is 90.0 Å². The van der Waals surface area contributed by atoms with Crippen LogP contribution in [-0.4, -0.2) is 35.0 Å². The molecule has 4 rings (SSSR count). The van der Waals surface area contributed by atoms with Gasteiger partial charge >= 0.3 is 12.4 Å². The summed E-state index contributed by atoms with van der Waals surface area (Å²) in [6, 6.07) is 1.53. The van der Waals surface area contributed by atoms with Crippen molar-refractivity contribution < 1.29 is 31.1 Å². The first-order valence-electron chi connectivity index (χ1n) is 8.73. The maximum Gasteiger partial charge on any atom is 0.433 e. The number of hydrogen-bond acceptors (Lipinski definition) is 5. The van der Waals surface area contributed by atoms with Gasteiger partial charge in [0.25, 0.3) is 5.91 Å². The number of rotatable bonds is 3. The van der Waals surface area contributed by atoms with Crippen molar-refractivity contribution in [3.63, 3.8) is 0 Å². The van der Waals surface area contributed by atoms with Crippen LogP contribution < -0.4 is 5.32 Å². The van der Waals surface area contributed by atoms with Gasteiger partial charge in [0.15, 0.2) is 5.65 Å². The van der Waals surface area contributed by atoms with Gasteiger partial charge in [-0.3, -0.25) is 14.5 Å². The molecule has 0 saturated carbocycles. The highest BCUT2D eigenvalue weighted by molar-refractivity contribution is 6.05. The Bertz CT molecular complexity index is 1320. The van der Waals surface area contributed by atoms with Crippen LogP contribution in [0.3, 0.4) is 0 Å². The first-order chi connectivity index (χ1) is 15.0. The van der Waals surface area contributed by atoms with Gasteiger partial charge in [0.2, 0.25) is 0 Å². The highest BCUT2D eigenvalue weighted by Gasteiger charge is 2.43. The minimum atomic E-state index is -5.03. The fraction of sp³-hybridized carbons (Fsp3) is 0.167. The molecule has 0 saturated heterocycles. The molecule has 0 aliphatic carbocycles. The van der Waals surface area contributed by atoms with Crippen LogP contribution in [0.5, 0.6) is 0 Å². The van der Waals surface area contributed by atoms with Crippen molar-refractivity contribution in [1.82, 2.24) is 29.1 Å². The highest BCUT2D eigenvalue weighted by Crippen LogP contribution is 2.39. The van der Waals surface area contributed by atoms with Gasteiger partial charge in [-0.1, -0.05) is 0 Å². The number of carbonyl (C=O) groups is 1. The van der Waals surface area contributed by atoms with Gasteiger partial charge in [-0.2, -0.15) is 31.4 Å². The third kappa shape index (κ3) is 3.74. The van der Waals surface area contributed by atoms with E-state index in [1.54, 1.807) is 0 Å². The third-order valence-electron chi connectivity index (χ3n) is 4.39. The van der Waals surface area contributed by atoms with Gasteiger partial charge in [-0.15, -0.1) is 0 Å². The molecule has 0 atom stereocenters. The Kier molecular flexibility index (Phi) is 4.86. The Balaban J connectivity index is 1.82. The van der Waals surface area contributed by atoms with Crippen molar-refractivity contribution in [3.8, 4) is 11.4 Å². The molecule has 4 aromatic heterocycles. The Morgan fingerprint density at radius 1 is 0.938 bits per heavy atom. The molecule has 0 aliphatic heterocycles. The first-order valence-corrected chi connectivity index (χ1v) is 8.73. The molecule has 8 nitrogen and oxygen atoms in total. The minimum Gasteiger partial charge on any atom is -0.321 e. The molecule has 0 unspecified atom stereocenters. The predicted molar refractivity (Wildman–Crippen MR) is 97.4 cm³/mol. The molecule has 0 spiro atoms. The van der Waals surface area contributed by atoms with E-state index in [4.69, 9.17) is 0 Å². The lowest BCUT2D eigenvalue weighted by Crippen LogP contribution is -2.21. The fourth-order valence-electron chi connectivity index (χ4n) is 3.09. The summed E-state index contributed by atoms with van der Waals surface area (Å²) >= 11 is 0. The number of aromatic nitrogens is 6. The average molecular weight is 455 g/mol. The summed E-state index contributed by atoms with van der Waals surface area (Å²) in [5, 5.41) is 5.86. The van der Waals surface area contributed by atoms with Crippen LogP contribution in [0.1, 0.15) is 21.7 Å². The number of aryl methyl sites for hydroxylation is 1. The highest BCUT2D eigenvalue weighted by atomic mass is 19.4. The minimum absolute atomic E-state index is 0.0759. The number of hydrogen-bond donors (Lipinski definition) is 1. The fourth-order valence-corrected chi connectivity index (χ4v) is 3.09. The molecule has 0 radical (unpaired) electrons. The van der Waals surface area contributed by atoms with Crippen LogP contribution in [0.4, 0.5) is 32.0 Å². The average Bonchev–Trinajstić information content (AvgIpc) is 3.31. The van der Waals surface area contributed by atoms with Gasteiger partial charge in [0, 0.05) is 43.7 Å². The van der Waals surface area contributed by atoms with E-state index >= 15 is 0 Å². The third-order valence-corrected chi connectivity index (χ3v) is 4.39. The molecule has 1 N–H and O–H groups in total. The van der Waals surface area contributed by atoms with E-state index in [9.17, 15) is 31.1 Å². The van der Waals surface area contributed by atoms with E-state index < -0.39 is 40.9 Å². The van der Waals surface area contributed by atoms with E-state index in [2.05, 4.69) is 20.1 Å². The smallest absolute Gasteiger partial charge is 0.321 e. The van der Waals surface area contributed by atoms with Gasteiger partial charge in [0.05, 0.1) is 0 Å². The zero-order chi connectivity index (χ0) is 23.3. The number of alkyl halides is 6. The van der Waals surface area contributed by atoms with Crippen LogP contribution in [0.2, 0.25) is 0 Å². The zero-order valence-electron chi connectivity index (χ0n) is 15.9. The number of carbonyl (C=O) groups excluding carboxylic acids is 1. The van der Waals surface area contributed by atoms with E-state index in [1.165, 1.54) is 29.2 Å². The largest absolute Gasteiger partial charge is 0.433 e. The summed E-state index contributed by atoms with van der Waals surface area (Å²) in [4.78, 5) is 23.8. The van der Waals surface area contributed by atoms with Gasteiger partial charge < -0.3 is 9.72 Å².